The first-order valence-electron chi connectivity index (χ1n) is 5.29. The highest BCUT2D eigenvalue weighted by Crippen LogP contribution is 2.08. The quantitative estimate of drug-likeness (QED) is 0.806. The van der Waals surface area contributed by atoms with E-state index in [0.29, 0.717) is 18.7 Å². The number of hydrogen-bond acceptors (Lipinski definition) is 3. The molecule has 1 aromatic heterocycles. The molecule has 0 saturated carbocycles. The van der Waals surface area contributed by atoms with E-state index in [2.05, 4.69) is 22.9 Å². The average Bonchev–Trinajstić information content (AvgIpc) is 2.82. The Morgan fingerprint density at radius 3 is 3.06 bits per heavy atom. The Hall–Kier alpha value is -1.75. The van der Waals surface area contributed by atoms with Gasteiger partial charge in [0.05, 0.1) is 6.33 Å². The summed E-state index contributed by atoms with van der Waals surface area (Å²) in [5.74, 6) is -0.0824. The summed E-state index contributed by atoms with van der Waals surface area (Å²) in [6.07, 6.45) is 5.30. The van der Waals surface area contributed by atoms with Crippen LogP contribution in [-0.4, -0.2) is 22.0 Å². The van der Waals surface area contributed by atoms with Crippen LogP contribution >= 0.6 is 12.6 Å². The fraction of sp³-hybridized carbons (Fsp3) is 0.167. The molecule has 0 aliphatic carbocycles. The van der Waals surface area contributed by atoms with Crippen molar-refractivity contribution in [2.75, 3.05) is 6.54 Å². The number of benzene rings is 1. The number of nitrogens with zero attached hydrogens (tertiary/aromatic N) is 2. The van der Waals surface area contributed by atoms with Crippen LogP contribution in [0.5, 0.6) is 0 Å². The third kappa shape index (κ3) is 3.35. The molecule has 17 heavy (non-hydrogen) atoms. The lowest BCUT2D eigenvalue weighted by Crippen LogP contribution is -2.26. The van der Waals surface area contributed by atoms with Gasteiger partial charge in [-0.15, -0.1) is 12.6 Å². The van der Waals surface area contributed by atoms with Crippen molar-refractivity contribution >= 4 is 18.5 Å². The Morgan fingerprint density at radius 1 is 1.47 bits per heavy atom. The van der Waals surface area contributed by atoms with E-state index in [9.17, 15) is 4.79 Å². The van der Waals surface area contributed by atoms with Gasteiger partial charge >= 0.3 is 0 Å². The van der Waals surface area contributed by atoms with Crippen LogP contribution in [0.4, 0.5) is 0 Å². The van der Waals surface area contributed by atoms with Gasteiger partial charge in [0.1, 0.15) is 0 Å². The second-order valence-electron chi connectivity index (χ2n) is 3.61. The maximum atomic E-state index is 11.8. The Bertz CT molecular complexity index is 496. The van der Waals surface area contributed by atoms with Crippen LogP contribution in [0.1, 0.15) is 10.4 Å². The largest absolute Gasteiger partial charge is 0.350 e. The minimum absolute atomic E-state index is 0.0824. The predicted octanol–water partition coefficient (Wildman–Crippen LogP) is 1.60. The van der Waals surface area contributed by atoms with E-state index in [1.165, 1.54) is 0 Å². The molecule has 0 fully saturated rings. The molecule has 0 radical (unpaired) electrons. The highest BCUT2D eigenvalue weighted by molar-refractivity contribution is 7.80. The van der Waals surface area contributed by atoms with E-state index in [0.717, 1.165) is 4.90 Å². The Labute approximate surface area is 105 Å². The third-order valence-corrected chi connectivity index (χ3v) is 2.60. The van der Waals surface area contributed by atoms with E-state index in [1.54, 1.807) is 24.7 Å². The molecule has 5 heteroatoms. The summed E-state index contributed by atoms with van der Waals surface area (Å²) < 4.78 is 1.91. The van der Waals surface area contributed by atoms with Crippen LogP contribution in [0.3, 0.4) is 0 Å². The molecule has 1 heterocycles. The Morgan fingerprint density at radius 2 is 2.35 bits per heavy atom. The lowest BCUT2D eigenvalue weighted by Gasteiger charge is -2.06. The number of aromatic nitrogens is 2. The number of nitrogens with one attached hydrogen (secondary N) is 1. The Balaban J connectivity index is 1.85. The van der Waals surface area contributed by atoms with Gasteiger partial charge in [-0.3, -0.25) is 4.79 Å². The summed E-state index contributed by atoms with van der Waals surface area (Å²) in [5, 5.41) is 2.84. The van der Waals surface area contributed by atoms with Gasteiger partial charge < -0.3 is 9.88 Å². The van der Waals surface area contributed by atoms with Gasteiger partial charge in [0.2, 0.25) is 0 Å². The van der Waals surface area contributed by atoms with E-state index in [4.69, 9.17) is 0 Å². The van der Waals surface area contributed by atoms with Gasteiger partial charge in [0, 0.05) is 35.9 Å². The third-order valence-electron chi connectivity index (χ3n) is 2.32. The molecule has 88 valence electrons. The zero-order valence-electron chi connectivity index (χ0n) is 9.21. The van der Waals surface area contributed by atoms with Crippen LogP contribution in [0.2, 0.25) is 0 Å². The minimum atomic E-state index is -0.0824. The van der Waals surface area contributed by atoms with Crippen molar-refractivity contribution in [1.29, 1.82) is 0 Å². The summed E-state index contributed by atoms with van der Waals surface area (Å²) >= 11 is 4.20. The van der Waals surface area contributed by atoms with Crippen molar-refractivity contribution in [1.82, 2.24) is 14.9 Å². The maximum Gasteiger partial charge on any atom is 0.251 e. The first-order valence-corrected chi connectivity index (χ1v) is 5.73. The Kier molecular flexibility index (Phi) is 3.82. The summed E-state index contributed by atoms with van der Waals surface area (Å²) in [7, 11) is 0. The topological polar surface area (TPSA) is 46.9 Å². The molecule has 2 aromatic rings. The second kappa shape index (κ2) is 5.54. The summed E-state index contributed by atoms with van der Waals surface area (Å²) in [5.41, 5.74) is 0.628. The molecule has 0 bridgehead atoms. The van der Waals surface area contributed by atoms with Crippen molar-refractivity contribution in [2.45, 2.75) is 11.4 Å². The lowest BCUT2D eigenvalue weighted by atomic mass is 10.2. The minimum Gasteiger partial charge on any atom is -0.350 e. The molecule has 0 saturated heterocycles. The summed E-state index contributed by atoms with van der Waals surface area (Å²) in [6.45, 7) is 1.29. The van der Waals surface area contributed by atoms with Gasteiger partial charge in [-0.1, -0.05) is 6.07 Å². The SMILES string of the molecule is O=C(NCCn1ccnc1)c1cccc(S)c1. The van der Waals surface area contributed by atoms with Crippen molar-refractivity contribution < 1.29 is 4.79 Å². The number of rotatable bonds is 4. The van der Waals surface area contributed by atoms with Crippen LogP contribution < -0.4 is 5.32 Å². The molecule has 0 aliphatic heterocycles. The highest BCUT2D eigenvalue weighted by Gasteiger charge is 2.04. The van der Waals surface area contributed by atoms with Crippen molar-refractivity contribution in [3.05, 3.63) is 48.5 Å². The van der Waals surface area contributed by atoms with Crippen LogP contribution in [0.15, 0.2) is 47.9 Å². The maximum absolute atomic E-state index is 11.8. The second-order valence-corrected chi connectivity index (χ2v) is 4.12. The van der Waals surface area contributed by atoms with Gasteiger partial charge in [-0.25, -0.2) is 4.98 Å². The number of amides is 1. The summed E-state index contributed by atoms with van der Waals surface area (Å²) in [6, 6.07) is 7.17. The average molecular weight is 247 g/mol. The molecule has 0 aliphatic rings. The van der Waals surface area contributed by atoms with Crippen LogP contribution in [-0.2, 0) is 6.54 Å². The molecular weight excluding hydrogens is 234 g/mol. The van der Waals surface area contributed by atoms with Crippen LogP contribution in [0.25, 0.3) is 0 Å². The molecule has 0 spiro atoms. The van der Waals surface area contributed by atoms with Crippen LogP contribution in [0, 0.1) is 0 Å². The summed E-state index contributed by atoms with van der Waals surface area (Å²) in [4.78, 5) is 16.5. The van der Waals surface area contributed by atoms with E-state index < -0.39 is 0 Å². The standard InChI is InChI=1S/C12H13N3OS/c16-12(10-2-1-3-11(17)8-10)14-5-7-15-6-4-13-9-15/h1-4,6,8-9,17H,5,7H2,(H,14,16). The molecule has 1 amide bonds. The van der Waals surface area contributed by atoms with E-state index in [1.807, 2.05) is 22.9 Å². The molecule has 0 unspecified atom stereocenters. The molecule has 1 N–H and O–H groups in total. The van der Waals surface area contributed by atoms with E-state index >= 15 is 0 Å². The van der Waals surface area contributed by atoms with Gasteiger partial charge in [-0.05, 0) is 18.2 Å². The molecule has 2 rings (SSSR count). The number of imidazole rings is 1. The fourth-order valence-electron chi connectivity index (χ4n) is 1.47. The fourth-order valence-corrected chi connectivity index (χ4v) is 1.69. The smallest absolute Gasteiger partial charge is 0.251 e. The first kappa shape index (κ1) is 11.7. The first-order chi connectivity index (χ1) is 8.25. The van der Waals surface area contributed by atoms with Gasteiger partial charge in [-0.2, -0.15) is 0 Å². The molecule has 1 aromatic carbocycles. The van der Waals surface area contributed by atoms with Crippen molar-refractivity contribution in [2.24, 2.45) is 0 Å². The van der Waals surface area contributed by atoms with Crippen molar-refractivity contribution in [3.63, 3.8) is 0 Å². The van der Waals surface area contributed by atoms with E-state index in [-0.39, 0.29) is 5.91 Å². The molecule has 0 atom stereocenters. The predicted molar refractivity (Wildman–Crippen MR) is 68.3 cm³/mol. The monoisotopic (exact) mass is 247 g/mol. The number of thiol groups is 1. The van der Waals surface area contributed by atoms with Crippen molar-refractivity contribution in [3.8, 4) is 0 Å². The normalized spacial score (nSPS) is 10.2. The molecule has 4 nitrogen and oxygen atoms in total. The number of carbonyl (C=O) groups excluding carboxylic acids is 1. The van der Waals surface area contributed by atoms with Gasteiger partial charge in [0.15, 0.2) is 0 Å². The van der Waals surface area contributed by atoms with Gasteiger partial charge in [0.25, 0.3) is 5.91 Å². The zero-order chi connectivity index (χ0) is 12.1. The number of carbonyl (C=O) groups is 1. The lowest BCUT2D eigenvalue weighted by molar-refractivity contribution is 0.0952. The zero-order valence-corrected chi connectivity index (χ0v) is 10.1. The highest BCUT2D eigenvalue weighted by atomic mass is 32.1. The number of hydrogen-bond donors (Lipinski definition) is 2. The molecular formula is C12H13N3OS.